The van der Waals surface area contributed by atoms with E-state index in [0.29, 0.717) is 16.7 Å². The Kier molecular flexibility index (Phi) is 4.34. The van der Waals surface area contributed by atoms with Gasteiger partial charge in [-0.15, -0.1) is 0 Å². The van der Waals surface area contributed by atoms with Crippen LogP contribution in [0.25, 0.3) is 0 Å². The molecule has 6 heteroatoms. The van der Waals surface area contributed by atoms with Gasteiger partial charge in [-0.05, 0) is 34.0 Å². The molecule has 20 heavy (non-hydrogen) atoms. The number of aryl methyl sites for hydroxylation is 1. The molecule has 0 radical (unpaired) electrons. The van der Waals surface area contributed by atoms with E-state index >= 15 is 0 Å². The first kappa shape index (κ1) is 14.5. The Morgan fingerprint density at radius 3 is 2.50 bits per heavy atom. The van der Waals surface area contributed by atoms with Crippen LogP contribution in [0.3, 0.4) is 0 Å². The summed E-state index contributed by atoms with van der Waals surface area (Å²) < 4.78 is 1.96. The standard InChI is InChI=1S/C14H13BrN2O3/c1-9-13(15)14(20)17(8-16-9)7-11-4-2-10(3-5-11)6-12(18)19/h2-5,8H,6-7H2,1H3,(H,18,19). The van der Waals surface area contributed by atoms with Crippen LogP contribution >= 0.6 is 15.9 Å². The molecule has 0 amide bonds. The van der Waals surface area contributed by atoms with Gasteiger partial charge in [0.05, 0.1) is 25.0 Å². The number of carboxylic acids is 1. The largest absolute Gasteiger partial charge is 0.481 e. The third-order valence-electron chi connectivity index (χ3n) is 2.89. The number of hydrogen-bond donors (Lipinski definition) is 1. The number of hydrogen-bond acceptors (Lipinski definition) is 3. The van der Waals surface area contributed by atoms with Crippen LogP contribution in [0.5, 0.6) is 0 Å². The van der Waals surface area contributed by atoms with Gasteiger partial charge in [0, 0.05) is 0 Å². The number of benzene rings is 1. The highest BCUT2D eigenvalue weighted by molar-refractivity contribution is 9.10. The van der Waals surface area contributed by atoms with Crippen molar-refractivity contribution in [3.8, 4) is 0 Å². The molecule has 0 aliphatic carbocycles. The van der Waals surface area contributed by atoms with Crippen LogP contribution in [-0.2, 0) is 17.8 Å². The van der Waals surface area contributed by atoms with Gasteiger partial charge in [-0.1, -0.05) is 24.3 Å². The molecule has 1 heterocycles. The van der Waals surface area contributed by atoms with Gasteiger partial charge in [0.1, 0.15) is 4.47 Å². The molecule has 1 aromatic heterocycles. The molecule has 1 N–H and O–H groups in total. The average Bonchev–Trinajstić information content (AvgIpc) is 2.41. The lowest BCUT2D eigenvalue weighted by atomic mass is 10.1. The van der Waals surface area contributed by atoms with Crippen molar-refractivity contribution in [3.63, 3.8) is 0 Å². The second-order valence-electron chi connectivity index (χ2n) is 4.46. The molecule has 0 aliphatic rings. The fraction of sp³-hybridized carbons (Fsp3) is 0.214. The van der Waals surface area contributed by atoms with E-state index in [1.165, 1.54) is 10.9 Å². The maximum absolute atomic E-state index is 12.0. The summed E-state index contributed by atoms with van der Waals surface area (Å²) in [7, 11) is 0. The van der Waals surface area contributed by atoms with E-state index in [9.17, 15) is 9.59 Å². The molecule has 0 bridgehead atoms. The Bertz CT molecular complexity index is 693. The molecular formula is C14H13BrN2O3. The van der Waals surface area contributed by atoms with Crippen molar-refractivity contribution in [1.82, 2.24) is 9.55 Å². The minimum atomic E-state index is -0.861. The van der Waals surface area contributed by atoms with Gasteiger partial charge in [0.2, 0.25) is 0 Å². The first-order valence-electron chi connectivity index (χ1n) is 5.98. The van der Waals surface area contributed by atoms with Crippen molar-refractivity contribution in [2.45, 2.75) is 19.9 Å². The zero-order chi connectivity index (χ0) is 14.7. The van der Waals surface area contributed by atoms with E-state index in [4.69, 9.17) is 5.11 Å². The van der Waals surface area contributed by atoms with Crippen LogP contribution in [-0.4, -0.2) is 20.6 Å². The predicted octanol–water partition coefficient (Wildman–Crippen LogP) is 1.99. The number of aromatic nitrogens is 2. The Labute approximate surface area is 124 Å². The summed E-state index contributed by atoms with van der Waals surface area (Å²) in [4.78, 5) is 26.7. The van der Waals surface area contributed by atoms with Gasteiger partial charge in [0.15, 0.2) is 0 Å². The maximum Gasteiger partial charge on any atom is 0.307 e. The zero-order valence-corrected chi connectivity index (χ0v) is 12.4. The lowest BCUT2D eigenvalue weighted by molar-refractivity contribution is -0.136. The molecule has 2 aromatic rings. The van der Waals surface area contributed by atoms with Gasteiger partial charge < -0.3 is 5.11 Å². The predicted molar refractivity (Wildman–Crippen MR) is 77.8 cm³/mol. The van der Waals surface area contributed by atoms with Crippen LogP contribution in [0.4, 0.5) is 0 Å². The quantitative estimate of drug-likeness (QED) is 0.926. The van der Waals surface area contributed by atoms with E-state index in [1.807, 2.05) is 12.1 Å². The van der Waals surface area contributed by atoms with Crippen molar-refractivity contribution in [2.24, 2.45) is 0 Å². The first-order valence-corrected chi connectivity index (χ1v) is 6.78. The monoisotopic (exact) mass is 336 g/mol. The highest BCUT2D eigenvalue weighted by atomic mass is 79.9. The van der Waals surface area contributed by atoms with Crippen LogP contribution in [0, 0.1) is 6.92 Å². The third-order valence-corrected chi connectivity index (χ3v) is 3.80. The third kappa shape index (κ3) is 3.33. The molecule has 0 aliphatic heterocycles. The molecule has 5 nitrogen and oxygen atoms in total. The summed E-state index contributed by atoms with van der Waals surface area (Å²) in [6.45, 7) is 2.16. The molecule has 1 aromatic carbocycles. The summed E-state index contributed by atoms with van der Waals surface area (Å²) in [6, 6.07) is 7.15. The summed E-state index contributed by atoms with van der Waals surface area (Å²) in [5, 5.41) is 8.71. The lowest BCUT2D eigenvalue weighted by Crippen LogP contribution is -2.22. The summed E-state index contributed by atoms with van der Waals surface area (Å²) in [5.41, 5.74) is 2.17. The molecule has 0 fully saturated rings. The van der Waals surface area contributed by atoms with E-state index in [0.717, 1.165) is 11.1 Å². The van der Waals surface area contributed by atoms with Crippen molar-refractivity contribution >= 4 is 21.9 Å². The van der Waals surface area contributed by atoms with Gasteiger partial charge in [0.25, 0.3) is 5.56 Å². The van der Waals surface area contributed by atoms with Crippen LogP contribution < -0.4 is 5.56 Å². The van der Waals surface area contributed by atoms with Gasteiger partial charge in [-0.25, -0.2) is 4.98 Å². The van der Waals surface area contributed by atoms with Crippen LogP contribution in [0.15, 0.2) is 39.9 Å². The molecule has 0 spiro atoms. The SMILES string of the molecule is Cc1ncn(Cc2ccc(CC(=O)O)cc2)c(=O)c1Br. The number of rotatable bonds is 4. The molecule has 0 saturated carbocycles. The van der Waals surface area contributed by atoms with Gasteiger partial charge >= 0.3 is 5.97 Å². The van der Waals surface area contributed by atoms with Gasteiger partial charge in [-0.2, -0.15) is 0 Å². The normalized spacial score (nSPS) is 10.5. The Morgan fingerprint density at radius 2 is 1.90 bits per heavy atom. The van der Waals surface area contributed by atoms with Gasteiger partial charge in [-0.3, -0.25) is 14.2 Å². The highest BCUT2D eigenvalue weighted by Gasteiger charge is 2.06. The average molecular weight is 337 g/mol. The number of carboxylic acid groups (broad SMARTS) is 1. The van der Waals surface area contributed by atoms with E-state index < -0.39 is 5.97 Å². The maximum atomic E-state index is 12.0. The minimum absolute atomic E-state index is 0.00212. The number of carbonyl (C=O) groups is 1. The Morgan fingerprint density at radius 1 is 1.30 bits per heavy atom. The summed E-state index contributed by atoms with van der Waals surface area (Å²) in [6.07, 6.45) is 1.51. The summed E-state index contributed by atoms with van der Waals surface area (Å²) >= 11 is 3.22. The highest BCUT2D eigenvalue weighted by Crippen LogP contribution is 2.09. The van der Waals surface area contributed by atoms with Crippen molar-refractivity contribution in [3.05, 3.63) is 62.2 Å². The second-order valence-corrected chi connectivity index (χ2v) is 5.26. The lowest BCUT2D eigenvalue weighted by Gasteiger charge is -2.07. The Balaban J connectivity index is 2.20. The first-order chi connectivity index (χ1) is 9.47. The second kappa shape index (κ2) is 6.00. The van der Waals surface area contributed by atoms with E-state index in [2.05, 4.69) is 20.9 Å². The molecule has 104 valence electrons. The van der Waals surface area contributed by atoms with Crippen LogP contribution in [0.1, 0.15) is 16.8 Å². The fourth-order valence-electron chi connectivity index (χ4n) is 1.79. The van der Waals surface area contributed by atoms with E-state index in [1.54, 1.807) is 19.1 Å². The zero-order valence-electron chi connectivity index (χ0n) is 10.8. The van der Waals surface area contributed by atoms with Crippen LogP contribution in [0.2, 0.25) is 0 Å². The molecule has 0 atom stereocenters. The number of halogens is 1. The fourth-order valence-corrected chi connectivity index (χ4v) is 2.12. The van der Waals surface area contributed by atoms with E-state index in [-0.39, 0.29) is 12.0 Å². The summed E-state index contributed by atoms with van der Waals surface area (Å²) in [5.74, 6) is -0.861. The van der Waals surface area contributed by atoms with Crippen molar-refractivity contribution < 1.29 is 9.90 Å². The number of nitrogens with zero attached hydrogens (tertiary/aromatic N) is 2. The number of aliphatic carboxylic acids is 1. The molecule has 0 unspecified atom stereocenters. The van der Waals surface area contributed by atoms with Crippen molar-refractivity contribution in [2.75, 3.05) is 0 Å². The Hall–Kier alpha value is -1.95. The minimum Gasteiger partial charge on any atom is -0.481 e. The topological polar surface area (TPSA) is 72.2 Å². The smallest absolute Gasteiger partial charge is 0.307 e. The molecule has 0 saturated heterocycles. The molecule has 2 rings (SSSR count). The van der Waals surface area contributed by atoms with Crippen molar-refractivity contribution in [1.29, 1.82) is 0 Å². The molecular weight excluding hydrogens is 324 g/mol.